The van der Waals surface area contributed by atoms with Crippen LogP contribution >= 0.6 is 23.2 Å². The van der Waals surface area contributed by atoms with Crippen LogP contribution < -0.4 is 10.6 Å². The summed E-state index contributed by atoms with van der Waals surface area (Å²) in [5.74, 6) is -0.824. The number of hydrogen-bond donors (Lipinski definition) is 2. The second-order valence-corrected chi connectivity index (χ2v) is 6.63. The lowest BCUT2D eigenvalue weighted by Crippen LogP contribution is -2.43. The maximum absolute atomic E-state index is 12.0. The molecule has 4 amide bonds. The molecule has 1 aliphatic heterocycles. The zero-order chi connectivity index (χ0) is 17.2. The molecule has 1 aromatic rings. The number of benzene rings is 1. The number of nitrogens with one attached hydrogen (secondary N) is 2. The first-order valence-corrected chi connectivity index (χ1v) is 7.81. The highest BCUT2D eigenvalue weighted by molar-refractivity contribution is 6.35. The molecule has 1 fully saturated rings. The molecule has 0 bridgehead atoms. The summed E-state index contributed by atoms with van der Waals surface area (Å²) >= 11 is 11.9. The molecule has 0 saturated carbocycles. The topological polar surface area (TPSA) is 78.5 Å². The third-order valence-corrected chi connectivity index (χ3v) is 4.06. The lowest BCUT2D eigenvalue weighted by molar-refractivity contribution is -0.134. The quantitative estimate of drug-likeness (QED) is 0.790. The predicted octanol–water partition coefficient (Wildman–Crippen LogP) is 1.98. The summed E-state index contributed by atoms with van der Waals surface area (Å²) in [6, 6.07) is 4.59. The molecule has 0 aromatic heterocycles. The molecule has 0 aliphatic carbocycles. The summed E-state index contributed by atoms with van der Waals surface area (Å²) in [4.78, 5) is 36.5. The molecule has 6 nitrogen and oxygen atoms in total. The number of hydrogen-bond acceptors (Lipinski definition) is 3. The van der Waals surface area contributed by atoms with Gasteiger partial charge in [-0.3, -0.25) is 14.5 Å². The Kier molecular flexibility index (Phi) is 5.16. The second-order valence-electron chi connectivity index (χ2n) is 5.78. The highest BCUT2D eigenvalue weighted by atomic mass is 35.5. The van der Waals surface area contributed by atoms with Crippen molar-refractivity contribution in [3.8, 4) is 0 Å². The average molecular weight is 358 g/mol. The van der Waals surface area contributed by atoms with Crippen molar-refractivity contribution in [3.63, 3.8) is 0 Å². The molecular weight excluding hydrogens is 341 g/mol. The molecule has 1 heterocycles. The van der Waals surface area contributed by atoms with E-state index < -0.39 is 23.4 Å². The van der Waals surface area contributed by atoms with Crippen molar-refractivity contribution in [2.45, 2.75) is 25.8 Å². The lowest BCUT2D eigenvalue weighted by Gasteiger charge is -2.15. The smallest absolute Gasteiger partial charge is 0.325 e. The van der Waals surface area contributed by atoms with Crippen molar-refractivity contribution in [3.05, 3.63) is 33.8 Å². The number of rotatable bonds is 5. The van der Waals surface area contributed by atoms with Gasteiger partial charge in [0, 0.05) is 16.6 Å². The van der Waals surface area contributed by atoms with Gasteiger partial charge in [0.05, 0.1) is 0 Å². The van der Waals surface area contributed by atoms with Crippen LogP contribution in [0.15, 0.2) is 18.2 Å². The summed E-state index contributed by atoms with van der Waals surface area (Å²) in [5.41, 5.74) is -0.124. The Balaban J connectivity index is 1.84. The van der Waals surface area contributed by atoms with Gasteiger partial charge in [0.2, 0.25) is 5.91 Å². The number of carbonyl (C=O) groups excluding carboxylic acids is 3. The van der Waals surface area contributed by atoms with E-state index in [4.69, 9.17) is 23.2 Å². The van der Waals surface area contributed by atoms with Gasteiger partial charge in [-0.15, -0.1) is 0 Å². The summed E-state index contributed by atoms with van der Waals surface area (Å²) in [6.07, 6.45) is 0.521. The van der Waals surface area contributed by atoms with Gasteiger partial charge >= 0.3 is 6.03 Å². The zero-order valence-electron chi connectivity index (χ0n) is 12.8. The highest BCUT2D eigenvalue weighted by Crippen LogP contribution is 2.21. The van der Waals surface area contributed by atoms with E-state index in [1.165, 1.54) is 0 Å². The standard InChI is InChI=1S/C15H17Cl2N3O3/c1-15(2)13(22)20(14(23)19-15)8-12(21)18-6-5-9-3-4-10(16)7-11(9)17/h3-4,7H,5-6,8H2,1-2H3,(H,18,21)(H,19,23). The van der Waals surface area contributed by atoms with Crippen LogP contribution in [0.4, 0.5) is 4.79 Å². The van der Waals surface area contributed by atoms with E-state index >= 15 is 0 Å². The Bertz CT molecular complexity index is 661. The number of urea groups is 1. The summed E-state index contributed by atoms with van der Waals surface area (Å²) in [7, 11) is 0. The van der Waals surface area contributed by atoms with Crippen LogP contribution in [0.2, 0.25) is 10.0 Å². The third kappa shape index (κ3) is 4.14. The molecular formula is C15H17Cl2N3O3. The van der Waals surface area contributed by atoms with E-state index in [1.54, 1.807) is 32.0 Å². The van der Waals surface area contributed by atoms with Crippen LogP contribution in [0.5, 0.6) is 0 Å². The number of carbonyl (C=O) groups is 3. The molecule has 2 rings (SSSR count). The summed E-state index contributed by atoms with van der Waals surface area (Å²) < 4.78 is 0. The number of amides is 4. The van der Waals surface area contributed by atoms with Crippen LogP contribution in [0, 0.1) is 0 Å². The summed E-state index contributed by atoms with van der Waals surface area (Å²) in [6.45, 7) is 3.22. The minimum atomic E-state index is -0.978. The van der Waals surface area contributed by atoms with Crippen molar-refractivity contribution in [2.24, 2.45) is 0 Å². The van der Waals surface area contributed by atoms with Gasteiger partial charge in [-0.05, 0) is 38.0 Å². The molecule has 0 spiro atoms. The van der Waals surface area contributed by atoms with E-state index in [2.05, 4.69) is 10.6 Å². The van der Waals surface area contributed by atoms with E-state index in [1.807, 2.05) is 0 Å². The van der Waals surface area contributed by atoms with E-state index in [0.29, 0.717) is 23.0 Å². The monoisotopic (exact) mass is 357 g/mol. The minimum absolute atomic E-state index is 0.303. The molecule has 0 radical (unpaired) electrons. The zero-order valence-corrected chi connectivity index (χ0v) is 14.3. The molecule has 1 aromatic carbocycles. The maximum atomic E-state index is 12.0. The first kappa shape index (κ1) is 17.6. The van der Waals surface area contributed by atoms with Gasteiger partial charge in [0.1, 0.15) is 12.1 Å². The molecule has 8 heteroatoms. The lowest BCUT2D eigenvalue weighted by atomic mass is 10.1. The first-order valence-electron chi connectivity index (χ1n) is 7.05. The maximum Gasteiger partial charge on any atom is 0.325 e. The number of imide groups is 1. The van der Waals surface area contributed by atoms with Gasteiger partial charge in [-0.25, -0.2) is 4.79 Å². The van der Waals surface area contributed by atoms with Crippen molar-refractivity contribution in [1.29, 1.82) is 0 Å². The van der Waals surface area contributed by atoms with E-state index in [9.17, 15) is 14.4 Å². The van der Waals surface area contributed by atoms with Gasteiger partial charge < -0.3 is 10.6 Å². The van der Waals surface area contributed by atoms with Crippen molar-refractivity contribution < 1.29 is 14.4 Å². The summed E-state index contributed by atoms with van der Waals surface area (Å²) in [5, 5.41) is 6.26. The number of halogens is 2. The molecule has 1 aliphatic rings. The van der Waals surface area contributed by atoms with Gasteiger partial charge in [0.25, 0.3) is 5.91 Å². The molecule has 124 valence electrons. The van der Waals surface area contributed by atoms with Gasteiger partial charge in [0.15, 0.2) is 0 Å². The van der Waals surface area contributed by atoms with Crippen LogP contribution in [-0.2, 0) is 16.0 Å². The van der Waals surface area contributed by atoms with Crippen molar-refractivity contribution in [2.75, 3.05) is 13.1 Å². The third-order valence-electron chi connectivity index (χ3n) is 3.48. The second kappa shape index (κ2) is 6.76. The molecule has 23 heavy (non-hydrogen) atoms. The number of nitrogens with zero attached hydrogens (tertiary/aromatic N) is 1. The van der Waals surface area contributed by atoms with Crippen LogP contribution in [0.1, 0.15) is 19.4 Å². The highest BCUT2D eigenvalue weighted by Gasteiger charge is 2.44. The van der Waals surface area contributed by atoms with Crippen molar-refractivity contribution >= 4 is 41.0 Å². The molecule has 0 unspecified atom stereocenters. The van der Waals surface area contributed by atoms with Gasteiger partial charge in [-0.1, -0.05) is 29.3 Å². The Labute approximate surface area is 144 Å². The van der Waals surface area contributed by atoms with Crippen molar-refractivity contribution in [1.82, 2.24) is 15.5 Å². The Hall–Kier alpha value is -1.79. The van der Waals surface area contributed by atoms with Crippen LogP contribution in [0.25, 0.3) is 0 Å². The van der Waals surface area contributed by atoms with E-state index in [0.717, 1.165) is 10.5 Å². The molecule has 0 atom stereocenters. The largest absolute Gasteiger partial charge is 0.354 e. The average Bonchev–Trinajstić information content (AvgIpc) is 2.63. The fraction of sp³-hybridized carbons (Fsp3) is 0.400. The Morgan fingerprint density at radius 3 is 2.57 bits per heavy atom. The Morgan fingerprint density at radius 2 is 2.00 bits per heavy atom. The van der Waals surface area contributed by atoms with Crippen LogP contribution in [0.3, 0.4) is 0 Å². The van der Waals surface area contributed by atoms with Gasteiger partial charge in [-0.2, -0.15) is 0 Å². The SMILES string of the molecule is CC1(C)NC(=O)N(CC(=O)NCCc2ccc(Cl)cc2Cl)C1=O. The normalized spacial score (nSPS) is 16.4. The Morgan fingerprint density at radius 1 is 1.30 bits per heavy atom. The fourth-order valence-corrected chi connectivity index (χ4v) is 2.73. The van der Waals surface area contributed by atoms with Crippen LogP contribution in [-0.4, -0.2) is 41.4 Å². The molecule has 1 saturated heterocycles. The first-order chi connectivity index (χ1) is 10.7. The molecule has 2 N–H and O–H groups in total. The fourth-order valence-electron chi connectivity index (χ4n) is 2.22. The minimum Gasteiger partial charge on any atom is -0.354 e. The predicted molar refractivity (Wildman–Crippen MR) is 87.5 cm³/mol. The van der Waals surface area contributed by atoms with E-state index in [-0.39, 0.29) is 6.54 Å².